The van der Waals surface area contributed by atoms with Crippen LogP contribution in [0.1, 0.15) is 57.2 Å². The predicted molar refractivity (Wildman–Crippen MR) is 114 cm³/mol. The second kappa shape index (κ2) is 11.3. The van der Waals surface area contributed by atoms with Crippen LogP contribution in [0, 0.1) is 5.92 Å². The average Bonchev–Trinajstić information content (AvgIpc) is 2.71. The molecule has 2 aromatic rings. The lowest BCUT2D eigenvalue weighted by atomic mass is 10.0. The van der Waals surface area contributed by atoms with Gasteiger partial charge in [0, 0.05) is 19.0 Å². The fourth-order valence-electron chi connectivity index (χ4n) is 3.20. The number of carbonyl (C=O) groups is 2. The zero-order valence-electron chi connectivity index (χ0n) is 17.2. The molecule has 1 atom stereocenters. The van der Waals surface area contributed by atoms with Gasteiger partial charge in [0.05, 0.1) is 0 Å². The molecule has 1 unspecified atom stereocenters. The maximum absolute atomic E-state index is 13.2. The number of hydrogen-bond donors (Lipinski definition) is 1. The van der Waals surface area contributed by atoms with Crippen molar-refractivity contribution in [3.63, 3.8) is 0 Å². The van der Waals surface area contributed by atoms with Gasteiger partial charge in [-0.15, -0.1) is 0 Å². The van der Waals surface area contributed by atoms with Crippen molar-refractivity contribution in [2.45, 2.75) is 52.6 Å². The Morgan fingerprint density at radius 2 is 1.54 bits per heavy atom. The SMILES string of the molecule is CCCCCNC(=O)C(c1ccccc1)N(Cc1ccccc1)C(=O)C(C)C. The van der Waals surface area contributed by atoms with Crippen LogP contribution in [0.2, 0.25) is 0 Å². The lowest BCUT2D eigenvalue weighted by Gasteiger charge is -2.33. The third-order valence-electron chi connectivity index (χ3n) is 4.73. The van der Waals surface area contributed by atoms with Crippen LogP contribution in [0.5, 0.6) is 0 Å². The van der Waals surface area contributed by atoms with Gasteiger partial charge in [-0.25, -0.2) is 0 Å². The smallest absolute Gasteiger partial charge is 0.247 e. The number of nitrogens with one attached hydrogen (secondary N) is 1. The molecule has 0 radical (unpaired) electrons. The minimum atomic E-state index is -0.641. The minimum Gasteiger partial charge on any atom is -0.354 e. The average molecular weight is 381 g/mol. The van der Waals surface area contributed by atoms with Crippen LogP contribution in [-0.2, 0) is 16.1 Å². The molecule has 2 amide bonds. The van der Waals surface area contributed by atoms with Gasteiger partial charge < -0.3 is 10.2 Å². The van der Waals surface area contributed by atoms with Gasteiger partial charge in [-0.1, -0.05) is 94.3 Å². The molecule has 4 heteroatoms. The molecule has 0 aliphatic carbocycles. The molecule has 0 aliphatic heterocycles. The second-order valence-electron chi connectivity index (χ2n) is 7.42. The number of rotatable bonds is 10. The van der Waals surface area contributed by atoms with Gasteiger partial charge in [-0.2, -0.15) is 0 Å². The van der Waals surface area contributed by atoms with E-state index in [9.17, 15) is 9.59 Å². The molecule has 0 heterocycles. The highest BCUT2D eigenvalue weighted by Gasteiger charge is 2.32. The van der Waals surface area contributed by atoms with Gasteiger partial charge in [0.1, 0.15) is 6.04 Å². The lowest BCUT2D eigenvalue weighted by molar-refractivity contribution is -0.144. The number of benzene rings is 2. The van der Waals surface area contributed by atoms with Gasteiger partial charge in [0.15, 0.2) is 0 Å². The normalized spacial score (nSPS) is 11.9. The monoisotopic (exact) mass is 380 g/mol. The second-order valence-corrected chi connectivity index (χ2v) is 7.42. The molecule has 0 saturated heterocycles. The zero-order valence-corrected chi connectivity index (χ0v) is 17.2. The maximum atomic E-state index is 13.2. The van der Waals surface area contributed by atoms with Crippen LogP contribution in [0.3, 0.4) is 0 Å². The summed E-state index contributed by atoms with van der Waals surface area (Å²) in [6.07, 6.45) is 3.12. The Morgan fingerprint density at radius 3 is 2.11 bits per heavy atom. The Bertz CT molecular complexity index is 729. The number of hydrogen-bond acceptors (Lipinski definition) is 2. The molecule has 0 fully saturated rings. The molecule has 0 aliphatic rings. The van der Waals surface area contributed by atoms with E-state index in [0.717, 1.165) is 30.4 Å². The summed E-state index contributed by atoms with van der Waals surface area (Å²) < 4.78 is 0. The largest absolute Gasteiger partial charge is 0.354 e. The van der Waals surface area contributed by atoms with E-state index in [0.29, 0.717) is 13.1 Å². The van der Waals surface area contributed by atoms with E-state index in [1.165, 1.54) is 0 Å². The first kappa shape index (κ1) is 21.7. The van der Waals surface area contributed by atoms with Gasteiger partial charge in [0.25, 0.3) is 0 Å². The highest BCUT2D eigenvalue weighted by molar-refractivity contribution is 5.89. The first-order chi connectivity index (χ1) is 13.5. The summed E-state index contributed by atoms with van der Waals surface area (Å²) in [7, 11) is 0. The van der Waals surface area contributed by atoms with Crippen LogP contribution in [0.15, 0.2) is 60.7 Å². The standard InChI is InChI=1S/C24H32N2O2/c1-4-5-12-17-25-23(27)22(21-15-10-7-11-16-21)26(24(28)19(2)3)18-20-13-8-6-9-14-20/h6-11,13-16,19,22H,4-5,12,17-18H2,1-3H3,(H,25,27). The highest BCUT2D eigenvalue weighted by atomic mass is 16.2. The van der Waals surface area contributed by atoms with E-state index in [1.807, 2.05) is 74.5 Å². The molecule has 150 valence electrons. The molecular formula is C24H32N2O2. The number of unbranched alkanes of at least 4 members (excludes halogenated alkanes) is 2. The van der Waals surface area contributed by atoms with Crippen LogP contribution in [-0.4, -0.2) is 23.3 Å². The van der Waals surface area contributed by atoms with E-state index in [2.05, 4.69) is 12.2 Å². The Labute approximate surface area is 169 Å². The van der Waals surface area contributed by atoms with E-state index >= 15 is 0 Å². The van der Waals surface area contributed by atoms with Gasteiger partial charge in [0.2, 0.25) is 11.8 Å². The van der Waals surface area contributed by atoms with Gasteiger partial charge in [-0.3, -0.25) is 9.59 Å². The highest BCUT2D eigenvalue weighted by Crippen LogP contribution is 2.25. The van der Waals surface area contributed by atoms with E-state index in [-0.39, 0.29) is 17.7 Å². The first-order valence-corrected chi connectivity index (χ1v) is 10.2. The van der Waals surface area contributed by atoms with Crippen LogP contribution in [0.4, 0.5) is 0 Å². The fourth-order valence-corrected chi connectivity index (χ4v) is 3.20. The van der Waals surface area contributed by atoms with Crippen LogP contribution < -0.4 is 5.32 Å². The summed E-state index contributed by atoms with van der Waals surface area (Å²) in [4.78, 5) is 28.0. The van der Waals surface area contributed by atoms with Crippen molar-refractivity contribution in [2.24, 2.45) is 5.92 Å². The van der Waals surface area contributed by atoms with Crippen molar-refractivity contribution < 1.29 is 9.59 Å². The molecule has 0 bridgehead atoms. The Kier molecular flexibility index (Phi) is 8.73. The Morgan fingerprint density at radius 1 is 0.929 bits per heavy atom. The Hall–Kier alpha value is -2.62. The quantitative estimate of drug-likeness (QED) is 0.606. The van der Waals surface area contributed by atoms with Crippen molar-refractivity contribution in [3.8, 4) is 0 Å². The molecule has 4 nitrogen and oxygen atoms in total. The number of amides is 2. The summed E-state index contributed by atoms with van der Waals surface area (Å²) >= 11 is 0. The van der Waals surface area contributed by atoms with Crippen molar-refractivity contribution in [1.82, 2.24) is 10.2 Å². The third kappa shape index (κ3) is 6.22. The molecule has 1 N–H and O–H groups in total. The maximum Gasteiger partial charge on any atom is 0.247 e. The van der Waals surface area contributed by atoms with Gasteiger partial charge in [-0.05, 0) is 17.5 Å². The molecule has 28 heavy (non-hydrogen) atoms. The zero-order chi connectivity index (χ0) is 20.4. The molecular weight excluding hydrogens is 348 g/mol. The van der Waals surface area contributed by atoms with Crippen molar-refractivity contribution in [2.75, 3.05) is 6.54 Å². The molecule has 0 spiro atoms. The number of carbonyl (C=O) groups excluding carboxylic acids is 2. The van der Waals surface area contributed by atoms with Crippen molar-refractivity contribution in [3.05, 3.63) is 71.8 Å². The third-order valence-corrected chi connectivity index (χ3v) is 4.73. The summed E-state index contributed by atoms with van der Waals surface area (Å²) in [5.41, 5.74) is 1.84. The summed E-state index contributed by atoms with van der Waals surface area (Å²) in [5, 5.41) is 3.04. The Balaban J connectivity index is 2.34. The first-order valence-electron chi connectivity index (χ1n) is 10.2. The summed E-state index contributed by atoms with van der Waals surface area (Å²) in [6.45, 7) is 6.92. The van der Waals surface area contributed by atoms with E-state index in [4.69, 9.17) is 0 Å². The van der Waals surface area contributed by atoms with Crippen LogP contribution >= 0.6 is 0 Å². The molecule has 2 rings (SSSR count). The minimum absolute atomic E-state index is 0.0265. The van der Waals surface area contributed by atoms with Gasteiger partial charge >= 0.3 is 0 Å². The summed E-state index contributed by atoms with van der Waals surface area (Å²) in [6, 6.07) is 18.8. The topological polar surface area (TPSA) is 49.4 Å². The molecule has 0 aromatic heterocycles. The molecule has 0 saturated carbocycles. The van der Waals surface area contributed by atoms with Crippen molar-refractivity contribution >= 4 is 11.8 Å². The lowest BCUT2D eigenvalue weighted by Crippen LogP contribution is -2.45. The van der Waals surface area contributed by atoms with Crippen LogP contribution in [0.25, 0.3) is 0 Å². The number of nitrogens with zero attached hydrogens (tertiary/aromatic N) is 1. The summed E-state index contributed by atoms with van der Waals surface area (Å²) in [5.74, 6) is -0.337. The van der Waals surface area contributed by atoms with E-state index < -0.39 is 6.04 Å². The predicted octanol–water partition coefficient (Wildman–Crippen LogP) is 4.72. The van der Waals surface area contributed by atoms with E-state index in [1.54, 1.807) is 4.90 Å². The fraction of sp³-hybridized carbons (Fsp3) is 0.417. The van der Waals surface area contributed by atoms with Crippen molar-refractivity contribution in [1.29, 1.82) is 0 Å². The molecule has 2 aromatic carbocycles.